The molecule has 0 aliphatic heterocycles. The number of imidazole rings is 1. The average Bonchev–Trinajstić information content (AvgIpc) is 3.15. The van der Waals surface area contributed by atoms with Crippen molar-refractivity contribution in [1.29, 1.82) is 0 Å². The Labute approximate surface area is 166 Å². The van der Waals surface area contributed by atoms with Crippen LogP contribution in [0.5, 0.6) is 0 Å². The Morgan fingerprint density at radius 2 is 1.19 bits per heavy atom. The third-order valence-electron chi connectivity index (χ3n) is 2.96. The summed E-state index contributed by atoms with van der Waals surface area (Å²) in [5, 5.41) is -0.127. The SMILES string of the molecule is CC.CC.CC.CC.CC(Cl)c1nc2ccccc2n1-c1ccccc1. The lowest BCUT2D eigenvalue weighted by Gasteiger charge is -2.10. The molecule has 1 unspecified atom stereocenters. The molecule has 1 atom stereocenters. The smallest absolute Gasteiger partial charge is 0.132 e. The fourth-order valence-corrected chi connectivity index (χ4v) is 2.31. The Kier molecular flexibility index (Phi) is 16.9. The number of halogens is 1. The second-order valence-corrected chi connectivity index (χ2v) is 4.90. The molecule has 0 aliphatic carbocycles. The summed E-state index contributed by atoms with van der Waals surface area (Å²) < 4.78 is 2.12. The van der Waals surface area contributed by atoms with Gasteiger partial charge in [-0.1, -0.05) is 85.7 Å². The zero-order valence-electron chi connectivity index (χ0n) is 18.0. The maximum Gasteiger partial charge on any atom is 0.132 e. The van der Waals surface area contributed by atoms with E-state index in [-0.39, 0.29) is 5.38 Å². The monoisotopic (exact) mass is 376 g/mol. The summed E-state index contributed by atoms with van der Waals surface area (Å²) in [6.45, 7) is 17.9. The van der Waals surface area contributed by atoms with E-state index in [1.54, 1.807) is 0 Å². The molecular formula is C23H37ClN2. The third kappa shape index (κ3) is 7.21. The van der Waals surface area contributed by atoms with E-state index in [2.05, 4.69) is 27.8 Å². The van der Waals surface area contributed by atoms with Crippen molar-refractivity contribution in [3.8, 4) is 5.69 Å². The number of alkyl halides is 1. The van der Waals surface area contributed by atoms with E-state index in [0.29, 0.717) is 0 Å². The van der Waals surface area contributed by atoms with Crippen LogP contribution >= 0.6 is 11.6 Å². The van der Waals surface area contributed by atoms with Gasteiger partial charge in [-0.2, -0.15) is 0 Å². The van der Waals surface area contributed by atoms with Gasteiger partial charge in [0.25, 0.3) is 0 Å². The largest absolute Gasteiger partial charge is 0.295 e. The molecule has 1 aromatic heterocycles. The van der Waals surface area contributed by atoms with E-state index in [0.717, 1.165) is 22.5 Å². The topological polar surface area (TPSA) is 17.8 Å². The van der Waals surface area contributed by atoms with E-state index < -0.39 is 0 Å². The molecular weight excluding hydrogens is 340 g/mol. The standard InChI is InChI=1S/C15H13ClN2.4C2H6/c1-11(16)15-17-13-9-5-6-10-14(13)18(15)12-7-3-2-4-8-12;4*1-2/h2-11H,1H3;4*1-2H3. The van der Waals surface area contributed by atoms with Gasteiger partial charge in [-0.15, -0.1) is 11.6 Å². The van der Waals surface area contributed by atoms with Crippen molar-refractivity contribution in [1.82, 2.24) is 9.55 Å². The minimum atomic E-state index is -0.127. The van der Waals surface area contributed by atoms with Crippen LogP contribution < -0.4 is 0 Å². The molecule has 3 rings (SSSR count). The number of para-hydroxylation sites is 3. The van der Waals surface area contributed by atoms with Crippen LogP contribution in [0.3, 0.4) is 0 Å². The number of fused-ring (bicyclic) bond motifs is 1. The summed E-state index contributed by atoms with van der Waals surface area (Å²) in [6.07, 6.45) is 0. The second kappa shape index (κ2) is 16.7. The third-order valence-corrected chi connectivity index (χ3v) is 3.15. The van der Waals surface area contributed by atoms with Crippen LogP contribution in [0.15, 0.2) is 54.6 Å². The Hall–Kier alpha value is -1.80. The minimum Gasteiger partial charge on any atom is -0.295 e. The van der Waals surface area contributed by atoms with Crippen molar-refractivity contribution in [3.63, 3.8) is 0 Å². The van der Waals surface area contributed by atoms with Gasteiger partial charge >= 0.3 is 0 Å². The molecule has 2 aromatic carbocycles. The molecule has 0 saturated heterocycles. The number of aromatic nitrogens is 2. The van der Waals surface area contributed by atoms with Gasteiger partial charge in [-0.25, -0.2) is 4.98 Å². The van der Waals surface area contributed by atoms with E-state index in [1.165, 1.54) is 0 Å². The molecule has 0 fully saturated rings. The Balaban J connectivity index is 0. The Bertz CT molecular complexity index is 673. The first-order chi connectivity index (χ1) is 12.8. The highest BCUT2D eigenvalue weighted by atomic mass is 35.5. The fraction of sp³-hybridized carbons (Fsp3) is 0.435. The molecule has 0 aliphatic rings. The molecule has 3 heteroatoms. The fourth-order valence-electron chi connectivity index (χ4n) is 2.16. The maximum atomic E-state index is 6.25. The summed E-state index contributed by atoms with van der Waals surface area (Å²) in [4.78, 5) is 4.62. The lowest BCUT2D eigenvalue weighted by atomic mass is 10.2. The molecule has 0 radical (unpaired) electrons. The van der Waals surface area contributed by atoms with Crippen LogP contribution in [-0.2, 0) is 0 Å². The number of hydrogen-bond donors (Lipinski definition) is 0. The van der Waals surface area contributed by atoms with E-state index in [4.69, 9.17) is 11.6 Å². The van der Waals surface area contributed by atoms with Crippen LogP contribution in [0.4, 0.5) is 0 Å². The number of nitrogens with zero attached hydrogens (tertiary/aromatic N) is 2. The molecule has 2 nitrogen and oxygen atoms in total. The van der Waals surface area contributed by atoms with Crippen molar-refractivity contribution in [3.05, 3.63) is 60.4 Å². The summed E-state index contributed by atoms with van der Waals surface area (Å²) in [7, 11) is 0. The highest BCUT2D eigenvalue weighted by molar-refractivity contribution is 6.20. The molecule has 3 aromatic rings. The Morgan fingerprint density at radius 1 is 0.731 bits per heavy atom. The zero-order valence-corrected chi connectivity index (χ0v) is 18.8. The minimum absolute atomic E-state index is 0.127. The Morgan fingerprint density at radius 3 is 1.69 bits per heavy atom. The number of hydrogen-bond acceptors (Lipinski definition) is 1. The van der Waals surface area contributed by atoms with Gasteiger partial charge in [0.1, 0.15) is 5.82 Å². The van der Waals surface area contributed by atoms with Crippen molar-refractivity contribution in [2.75, 3.05) is 0 Å². The van der Waals surface area contributed by atoms with Crippen LogP contribution in [0, 0.1) is 0 Å². The van der Waals surface area contributed by atoms with Gasteiger partial charge in [0, 0.05) is 5.69 Å². The molecule has 0 N–H and O–H groups in total. The van der Waals surface area contributed by atoms with E-state index in [9.17, 15) is 0 Å². The normalized spacial score (nSPS) is 9.77. The lowest BCUT2D eigenvalue weighted by molar-refractivity contribution is 0.882. The van der Waals surface area contributed by atoms with Gasteiger partial charge in [0.15, 0.2) is 0 Å². The van der Waals surface area contributed by atoms with Crippen LogP contribution in [0.1, 0.15) is 73.5 Å². The van der Waals surface area contributed by atoms with Gasteiger partial charge in [0.2, 0.25) is 0 Å². The quantitative estimate of drug-likeness (QED) is 0.410. The van der Waals surface area contributed by atoms with Gasteiger partial charge in [0.05, 0.1) is 16.4 Å². The summed E-state index contributed by atoms with van der Waals surface area (Å²) in [5.74, 6) is 0.879. The highest BCUT2D eigenvalue weighted by Gasteiger charge is 2.15. The van der Waals surface area contributed by atoms with Crippen LogP contribution in [0.2, 0.25) is 0 Å². The first kappa shape index (κ1) is 26.4. The maximum absolute atomic E-state index is 6.25. The molecule has 0 bridgehead atoms. The van der Waals surface area contributed by atoms with Crippen LogP contribution in [0.25, 0.3) is 16.7 Å². The predicted molar refractivity (Wildman–Crippen MR) is 121 cm³/mol. The van der Waals surface area contributed by atoms with Gasteiger partial charge in [-0.3, -0.25) is 4.57 Å². The van der Waals surface area contributed by atoms with Crippen molar-refractivity contribution >= 4 is 22.6 Å². The first-order valence-corrected chi connectivity index (χ1v) is 10.4. The number of benzene rings is 2. The lowest BCUT2D eigenvalue weighted by Crippen LogP contribution is -2.01. The van der Waals surface area contributed by atoms with Gasteiger partial charge < -0.3 is 0 Å². The molecule has 146 valence electrons. The molecule has 0 amide bonds. The zero-order chi connectivity index (χ0) is 20.5. The van der Waals surface area contributed by atoms with Crippen molar-refractivity contribution in [2.24, 2.45) is 0 Å². The second-order valence-electron chi connectivity index (χ2n) is 4.25. The molecule has 26 heavy (non-hydrogen) atoms. The summed E-state index contributed by atoms with van der Waals surface area (Å²) >= 11 is 6.25. The summed E-state index contributed by atoms with van der Waals surface area (Å²) in [6, 6.07) is 18.3. The molecule has 1 heterocycles. The molecule has 0 spiro atoms. The van der Waals surface area contributed by atoms with Gasteiger partial charge in [-0.05, 0) is 31.2 Å². The predicted octanol–water partition coefficient (Wildman–Crippen LogP) is 8.43. The van der Waals surface area contributed by atoms with E-state index in [1.807, 2.05) is 98.7 Å². The van der Waals surface area contributed by atoms with Crippen LogP contribution in [-0.4, -0.2) is 9.55 Å². The highest BCUT2D eigenvalue weighted by Crippen LogP contribution is 2.27. The first-order valence-electron chi connectivity index (χ1n) is 9.94. The number of rotatable bonds is 2. The molecule has 0 saturated carbocycles. The van der Waals surface area contributed by atoms with Crippen molar-refractivity contribution in [2.45, 2.75) is 67.7 Å². The van der Waals surface area contributed by atoms with E-state index >= 15 is 0 Å². The van der Waals surface area contributed by atoms with Crippen molar-refractivity contribution < 1.29 is 0 Å². The summed E-state index contributed by atoms with van der Waals surface area (Å²) in [5.41, 5.74) is 3.16. The average molecular weight is 377 g/mol.